The molecule has 202 valence electrons. The number of carbonyl (C=O) groups is 1. The van der Waals surface area contributed by atoms with Crippen LogP contribution in [0.15, 0.2) is 72.8 Å². The number of benzene rings is 3. The number of nitrogens with zero attached hydrogens (tertiary/aromatic N) is 1. The van der Waals surface area contributed by atoms with Crippen molar-refractivity contribution in [1.29, 1.82) is 0 Å². The molecule has 3 aromatic rings. The van der Waals surface area contributed by atoms with Crippen LogP contribution in [0.5, 0.6) is 11.5 Å². The first-order chi connectivity index (χ1) is 18.9. The zero-order chi connectivity index (χ0) is 27.6. The summed E-state index contributed by atoms with van der Waals surface area (Å²) in [5.41, 5.74) is 6.28. The lowest BCUT2D eigenvalue weighted by Crippen LogP contribution is -2.36. The van der Waals surface area contributed by atoms with Crippen molar-refractivity contribution in [2.45, 2.75) is 26.9 Å². The van der Waals surface area contributed by atoms with Crippen molar-refractivity contribution in [2.24, 2.45) is 0 Å². The van der Waals surface area contributed by atoms with Crippen LogP contribution in [0.1, 0.15) is 34.7 Å². The Morgan fingerprint density at radius 1 is 1.03 bits per heavy atom. The van der Waals surface area contributed by atoms with Crippen LogP contribution < -0.4 is 9.47 Å². The summed E-state index contributed by atoms with van der Waals surface area (Å²) in [5.74, 6) is 6.77. The molecule has 0 radical (unpaired) electrons. The number of rotatable bonds is 9. The van der Waals surface area contributed by atoms with Gasteiger partial charge in [-0.3, -0.25) is 4.90 Å². The van der Waals surface area contributed by atoms with Crippen LogP contribution in [0.4, 0.5) is 0 Å². The number of aliphatic carboxylic acids is 1. The zero-order valence-corrected chi connectivity index (χ0v) is 22.8. The summed E-state index contributed by atoms with van der Waals surface area (Å²) >= 11 is 0. The van der Waals surface area contributed by atoms with E-state index in [1.54, 1.807) is 12.1 Å². The molecule has 0 saturated carbocycles. The molecule has 3 aromatic carbocycles. The number of hydrogen-bond donors (Lipinski definition) is 1. The Bertz CT molecular complexity index is 1340. The minimum absolute atomic E-state index is 0.371. The van der Waals surface area contributed by atoms with Gasteiger partial charge in [0.1, 0.15) is 18.1 Å². The van der Waals surface area contributed by atoms with Crippen molar-refractivity contribution in [2.75, 3.05) is 39.5 Å². The van der Waals surface area contributed by atoms with E-state index in [1.807, 2.05) is 13.0 Å². The largest absolute Gasteiger partial charge is 0.489 e. The molecule has 1 heterocycles. The lowest BCUT2D eigenvalue weighted by Gasteiger charge is -2.24. The molecule has 39 heavy (non-hydrogen) atoms. The summed E-state index contributed by atoms with van der Waals surface area (Å²) < 4.78 is 17.0. The van der Waals surface area contributed by atoms with Crippen LogP contribution in [0.25, 0.3) is 5.57 Å². The Morgan fingerprint density at radius 3 is 2.33 bits per heavy atom. The second kappa shape index (κ2) is 13.7. The third kappa shape index (κ3) is 8.22. The topological polar surface area (TPSA) is 68.2 Å². The molecule has 1 fully saturated rings. The summed E-state index contributed by atoms with van der Waals surface area (Å²) in [5, 5.41) is 9.09. The van der Waals surface area contributed by atoms with E-state index in [9.17, 15) is 4.79 Å². The molecule has 1 saturated heterocycles. The van der Waals surface area contributed by atoms with Crippen molar-refractivity contribution < 1.29 is 24.1 Å². The molecule has 1 aliphatic rings. The van der Waals surface area contributed by atoms with Crippen molar-refractivity contribution in [3.63, 3.8) is 0 Å². The van der Waals surface area contributed by atoms with Crippen LogP contribution in [-0.2, 0) is 9.53 Å². The molecule has 0 aliphatic carbocycles. The van der Waals surface area contributed by atoms with Gasteiger partial charge in [-0.15, -0.1) is 0 Å². The molecule has 1 atom stereocenters. The summed E-state index contributed by atoms with van der Waals surface area (Å²) in [6.45, 7) is 10.00. The van der Waals surface area contributed by atoms with Crippen LogP contribution in [0, 0.1) is 25.7 Å². The van der Waals surface area contributed by atoms with E-state index in [-0.39, 0.29) is 0 Å². The number of aryl methyl sites for hydroxylation is 2. The molecule has 0 aromatic heterocycles. The molecule has 6 nitrogen and oxygen atoms in total. The quantitative estimate of drug-likeness (QED) is 0.380. The number of hydrogen-bond acceptors (Lipinski definition) is 5. The SMILES string of the molecule is Cc1ccc(/C(=C\COc2ccc(OC(C)C(=O)O)c(C)c2)c2ccc(C#CCN3CCOCC3)cc2)cc1. The van der Waals surface area contributed by atoms with E-state index in [0.717, 1.165) is 60.7 Å². The first kappa shape index (κ1) is 28.0. The van der Waals surface area contributed by atoms with Crippen LogP contribution in [0.3, 0.4) is 0 Å². The standard InChI is InChI=1S/C33H35NO5/c1-24-6-10-28(11-7-24)31(16-20-38-30-14-15-32(25(2)23-30)39-26(3)33(35)36)29-12-8-27(9-13-29)5-4-17-34-18-21-37-22-19-34/h6-16,23,26H,17-22H2,1-3H3,(H,35,36)/b31-16+. The summed E-state index contributed by atoms with van der Waals surface area (Å²) in [4.78, 5) is 13.4. The summed E-state index contributed by atoms with van der Waals surface area (Å²) in [6, 6.07) is 22.2. The highest BCUT2D eigenvalue weighted by Gasteiger charge is 2.14. The fourth-order valence-corrected chi connectivity index (χ4v) is 4.19. The first-order valence-electron chi connectivity index (χ1n) is 13.2. The van der Waals surface area contributed by atoms with Gasteiger partial charge in [-0.25, -0.2) is 4.79 Å². The van der Waals surface area contributed by atoms with E-state index >= 15 is 0 Å². The molecule has 1 unspecified atom stereocenters. The number of carboxylic acids is 1. The van der Waals surface area contributed by atoms with Gasteiger partial charge in [0.15, 0.2) is 6.10 Å². The molecule has 0 amide bonds. The van der Waals surface area contributed by atoms with E-state index in [0.29, 0.717) is 18.1 Å². The Morgan fingerprint density at radius 2 is 1.69 bits per heavy atom. The minimum Gasteiger partial charge on any atom is -0.489 e. The van der Waals surface area contributed by atoms with E-state index in [1.165, 1.54) is 12.5 Å². The van der Waals surface area contributed by atoms with Gasteiger partial charge in [0.2, 0.25) is 0 Å². The lowest BCUT2D eigenvalue weighted by atomic mass is 9.96. The van der Waals surface area contributed by atoms with Gasteiger partial charge in [-0.2, -0.15) is 0 Å². The number of ether oxygens (including phenoxy) is 3. The second-order valence-electron chi connectivity index (χ2n) is 9.59. The highest BCUT2D eigenvalue weighted by atomic mass is 16.5. The van der Waals surface area contributed by atoms with Gasteiger partial charge >= 0.3 is 5.97 Å². The van der Waals surface area contributed by atoms with Crippen molar-refractivity contribution in [3.8, 4) is 23.3 Å². The minimum atomic E-state index is -1.00. The predicted molar refractivity (Wildman–Crippen MR) is 153 cm³/mol. The predicted octanol–water partition coefficient (Wildman–Crippen LogP) is 5.35. The summed E-state index contributed by atoms with van der Waals surface area (Å²) in [6.07, 6.45) is 1.16. The van der Waals surface area contributed by atoms with Gasteiger partial charge in [-0.05, 0) is 79.4 Å². The highest BCUT2D eigenvalue weighted by Crippen LogP contribution is 2.27. The van der Waals surface area contributed by atoms with Gasteiger partial charge < -0.3 is 19.3 Å². The monoisotopic (exact) mass is 525 g/mol. The first-order valence-corrected chi connectivity index (χ1v) is 13.2. The van der Waals surface area contributed by atoms with Gasteiger partial charge in [0.25, 0.3) is 0 Å². The van der Waals surface area contributed by atoms with Crippen molar-refractivity contribution in [3.05, 3.63) is 101 Å². The maximum Gasteiger partial charge on any atom is 0.344 e. The fraction of sp³-hybridized carbons (Fsp3) is 0.303. The van der Waals surface area contributed by atoms with Crippen molar-refractivity contribution >= 4 is 11.5 Å². The molecule has 0 bridgehead atoms. The molecular weight excluding hydrogens is 490 g/mol. The van der Waals surface area contributed by atoms with E-state index < -0.39 is 12.1 Å². The highest BCUT2D eigenvalue weighted by molar-refractivity contribution is 5.80. The van der Waals surface area contributed by atoms with Crippen LogP contribution in [-0.4, -0.2) is 61.5 Å². The third-order valence-corrected chi connectivity index (χ3v) is 6.53. The normalized spacial score (nSPS) is 14.7. The summed E-state index contributed by atoms with van der Waals surface area (Å²) in [7, 11) is 0. The zero-order valence-electron chi connectivity index (χ0n) is 22.8. The molecular formula is C33H35NO5. The molecule has 1 N–H and O–H groups in total. The maximum absolute atomic E-state index is 11.1. The molecule has 4 rings (SSSR count). The maximum atomic E-state index is 11.1. The average molecular weight is 526 g/mol. The fourth-order valence-electron chi connectivity index (χ4n) is 4.19. The second-order valence-corrected chi connectivity index (χ2v) is 9.59. The van der Waals surface area contributed by atoms with Gasteiger partial charge in [0.05, 0.1) is 19.8 Å². The Balaban J connectivity index is 1.46. The van der Waals surface area contributed by atoms with Crippen molar-refractivity contribution in [1.82, 2.24) is 4.90 Å². The average Bonchev–Trinajstić information content (AvgIpc) is 2.94. The Labute approximate surface area is 230 Å². The Hall–Kier alpha value is -4.05. The van der Waals surface area contributed by atoms with Crippen LogP contribution in [0.2, 0.25) is 0 Å². The molecule has 6 heteroatoms. The van der Waals surface area contributed by atoms with Gasteiger partial charge in [0, 0.05) is 18.7 Å². The van der Waals surface area contributed by atoms with Gasteiger partial charge in [-0.1, -0.05) is 53.8 Å². The lowest BCUT2D eigenvalue weighted by molar-refractivity contribution is -0.144. The Kier molecular flexibility index (Phi) is 9.80. The molecule has 1 aliphatic heterocycles. The van der Waals surface area contributed by atoms with Crippen LogP contribution >= 0.6 is 0 Å². The number of carboxylic acid groups (broad SMARTS) is 1. The van der Waals surface area contributed by atoms with E-state index in [4.69, 9.17) is 19.3 Å². The third-order valence-electron chi connectivity index (χ3n) is 6.53. The molecule has 0 spiro atoms. The van der Waals surface area contributed by atoms with E-state index in [2.05, 4.69) is 78.3 Å². The number of morpholine rings is 1. The smallest absolute Gasteiger partial charge is 0.344 e.